The molecule has 0 aliphatic carbocycles. The molecule has 0 fully saturated rings. The number of carbonyl (C=O) groups is 5. The Bertz CT molecular complexity index is 1350. The summed E-state index contributed by atoms with van der Waals surface area (Å²) < 4.78 is 24.5. The molecule has 13 nitrogen and oxygen atoms in total. The molecule has 5 atom stereocenters. The van der Waals surface area contributed by atoms with Gasteiger partial charge < -0.3 is 41.2 Å². The van der Waals surface area contributed by atoms with Crippen LogP contribution >= 0.6 is 0 Å². The number of carbonyl (C=O) groups excluding carboxylic acids is 5. The van der Waals surface area contributed by atoms with Crippen molar-refractivity contribution in [3.05, 3.63) is 59.9 Å². The Labute approximate surface area is 260 Å². The quantitative estimate of drug-likeness (QED) is 0.238. The van der Waals surface area contributed by atoms with E-state index in [1.807, 2.05) is 0 Å². The minimum Gasteiger partial charge on any atom is -0.492 e. The molecular weight excluding hydrogens is 589 g/mol. The molecule has 6 N–H and O–H groups in total. The van der Waals surface area contributed by atoms with Crippen molar-refractivity contribution >= 4 is 29.5 Å². The van der Waals surface area contributed by atoms with E-state index in [0.717, 1.165) is 0 Å². The van der Waals surface area contributed by atoms with Gasteiger partial charge in [-0.3, -0.25) is 24.0 Å². The summed E-state index contributed by atoms with van der Waals surface area (Å²) in [6, 6.07) is 7.18. The predicted octanol–water partition coefficient (Wildman–Crippen LogP) is 0.413. The molecule has 2 aromatic rings. The van der Waals surface area contributed by atoms with Gasteiger partial charge in [0.25, 0.3) is 5.91 Å². The first-order valence-corrected chi connectivity index (χ1v) is 14.6. The topological polar surface area (TPSA) is 184 Å². The zero-order chi connectivity index (χ0) is 33.1. The summed E-state index contributed by atoms with van der Waals surface area (Å²) in [5, 5.41) is 23.2. The summed E-state index contributed by atoms with van der Waals surface area (Å²) in [6.45, 7) is 6.40. The summed E-state index contributed by atoms with van der Waals surface area (Å²) in [6.07, 6.45) is -1.96. The van der Waals surface area contributed by atoms with Crippen LogP contribution in [0.3, 0.4) is 0 Å². The fourth-order valence-corrected chi connectivity index (χ4v) is 4.41. The number of aliphatic hydroxyl groups is 1. The maximum atomic E-state index is 13.4. The Morgan fingerprint density at radius 3 is 2.31 bits per heavy atom. The minimum absolute atomic E-state index is 0.00708. The van der Waals surface area contributed by atoms with Crippen LogP contribution in [0.15, 0.2) is 48.5 Å². The molecule has 3 rings (SSSR count). The lowest BCUT2D eigenvalue weighted by atomic mass is 10.0. The number of aliphatic hydroxyl groups excluding tert-OH is 1. The number of halogens is 1. The van der Waals surface area contributed by atoms with Gasteiger partial charge in [0, 0.05) is 0 Å². The van der Waals surface area contributed by atoms with Crippen molar-refractivity contribution in [2.45, 2.75) is 64.4 Å². The Hall–Kier alpha value is -4.72. The van der Waals surface area contributed by atoms with Crippen LogP contribution in [0.1, 0.15) is 44.5 Å². The Morgan fingerprint density at radius 1 is 0.978 bits per heavy atom. The average Bonchev–Trinajstić information content (AvgIpc) is 2.99. The molecule has 0 bridgehead atoms. The molecule has 5 amide bonds. The number of hydrogen-bond donors (Lipinski definition) is 6. The molecule has 0 saturated heterocycles. The first-order chi connectivity index (χ1) is 21.3. The molecule has 1 aliphatic rings. The van der Waals surface area contributed by atoms with Crippen molar-refractivity contribution in [1.82, 2.24) is 26.6 Å². The molecule has 0 saturated carbocycles. The summed E-state index contributed by atoms with van der Waals surface area (Å²) in [5.41, 5.74) is 0.0805. The van der Waals surface area contributed by atoms with Gasteiger partial charge >= 0.3 is 0 Å². The SMILES string of the molecule is CC(C)[C@H]1NC(=O)[C@H]([C@@H](C)O)NC(=O)C[C@@H](C(=O)NCCOc2ccc(F)cc2)NC(=O)c2ccccc2OC[C@H](C)NC1=O. The number of fused-ring (bicyclic) bond motifs is 1. The second kappa shape index (κ2) is 16.4. The van der Waals surface area contributed by atoms with Crippen molar-refractivity contribution in [2.24, 2.45) is 5.92 Å². The highest BCUT2D eigenvalue weighted by Crippen LogP contribution is 2.19. The number of benzene rings is 2. The van der Waals surface area contributed by atoms with E-state index < -0.39 is 72.0 Å². The number of ether oxygens (including phenoxy) is 2. The molecule has 1 aliphatic heterocycles. The number of rotatable bonds is 7. The molecule has 45 heavy (non-hydrogen) atoms. The first-order valence-electron chi connectivity index (χ1n) is 14.6. The van der Waals surface area contributed by atoms with E-state index in [1.165, 1.54) is 37.3 Å². The predicted molar refractivity (Wildman–Crippen MR) is 161 cm³/mol. The minimum atomic E-state index is -1.47. The van der Waals surface area contributed by atoms with Gasteiger partial charge in [-0.1, -0.05) is 26.0 Å². The van der Waals surface area contributed by atoms with E-state index in [9.17, 15) is 33.5 Å². The third-order valence-corrected chi connectivity index (χ3v) is 6.83. The van der Waals surface area contributed by atoms with Crippen LogP contribution in [0.25, 0.3) is 0 Å². The van der Waals surface area contributed by atoms with Gasteiger partial charge in [0.1, 0.15) is 48.7 Å². The first kappa shape index (κ1) is 34.8. The van der Waals surface area contributed by atoms with Crippen LogP contribution in [0.4, 0.5) is 4.39 Å². The highest BCUT2D eigenvalue weighted by Gasteiger charge is 2.33. The van der Waals surface area contributed by atoms with E-state index in [0.29, 0.717) is 5.75 Å². The summed E-state index contributed by atoms with van der Waals surface area (Å²) in [5.74, 6) is -3.79. The maximum Gasteiger partial charge on any atom is 0.255 e. The third-order valence-electron chi connectivity index (χ3n) is 6.83. The highest BCUT2D eigenvalue weighted by molar-refractivity contribution is 6.01. The summed E-state index contributed by atoms with van der Waals surface area (Å²) in [4.78, 5) is 65.9. The number of amides is 5. The molecule has 2 aromatic carbocycles. The second-order valence-electron chi connectivity index (χ2n) is 11.1. The zero-order valence-electron chi connectivity index (χ0n) is 25.6. The van der Waals surface area contributed by atoms with Crippen molar-refractivity contribution in [3.63, 3.8) is 0 Å². The number of nitrogens with one attached hydrogen (secondary N) is 5. The molecule has 0 aromatic heterocycles. The normalized spacial score (nSPS) is 22.4. The van der Waals surface area contributed by atoms with Crippen molar-refractivity contribution in [2.75, 3.05) is 19.8 Å². The maximum absolute atomic E-state index is 13.4. The monoisotopic (exact) mass is 629 g/mol. The second-order valence-corrected chi connectivity index (χ2v) is 11.1. The smallest absolute Gasteiger partial charge is 0.255 e. The molecule has 1 heterocycles. The van der Waals surface area contributed by atoms with Gasteiger partial charge in [-0.05, 0) is 56.2 Å². The van der Waals surface area contributed by atoms with Crippen LogP contribution in [0.2, 0.25) is 0 Å². The summed E-state index contributed by atoms with van der Waals surface area (Å²) >= 11 is 0. The molecule has 14 heteroatoms. The lowest BCUT2D eigenvalue weighted by Crippen LogP contribution is -2.59. The Kier molecular flexibility index (Phi) is 12.7. The fourth-order valence-electron chi connectivity index (χ4n) is 4.41. The van der Waals surface area contributed by atoms with Crippen molar-refractivity contribution in [1.29, 1.82) is 0 Å². The lowest BCUT2D eigenvalue weighted by Gasteiger charge is -2.27. The van der Waals surface area contributed by atoms with Crippen LogP contribution in [-0.4, -0.2) is 84.7 Å². The summed E-state index contributed by atoms with van der Waals surface area (Å²) in [7, 11) is 0. The Balaban J connectivity index is 1.85. The largest absolute Gasteiger partial charge is 0.492 e. The Morgan fingerprint density at radius 2 is 1.64 bits per heavy atom. The van der Waals surface area contributed by atoms with Gasteiger partial charge in [-0.15, -0.1) is 0 Å². The van der Waals surface area contributed by atoms with Crippen LogP contribution in [-0.2, 0) is 19.2 Å². The van der Waals surface area contributed by atoms with E-state index >= 15 is 0 Å². The van der Waals surface area contributed by atoms with Gasteiger partial charge in [-0.25, -0.2) is 4.39 Å². The van der Waals surface area contributed by atoms with E-state index in [1.54, 1.807) is 39.0 Å². The molecular formula is C31H40FN5O8. The van der Waals surface area contributed by atoms with Gasteiger partial charge in [0.15, 0.2) is 0 Å². The van der Waals surface area contributed by atoms with E-state index in [-0.39, 0.29) is 37.0 Å². The zero-order valence-corrected chi connectivity index (χ0v) is 25.6. The van der Waals surface area contributed by atoms with Crippen LogP contribution in [0.5, 0.6) is 11.5 Å². The van der Waals surface area contributed by atoms with Crippen molar-refractivity contribution < 1.29 is 42.9 Å². The molecule has 244 valence electrons. The van der Waals surface area contributed by atoms with Gasteiger partial charge in [0.05, 0.1) is 30.7 Å². The van der Waals surface area contributed by atoms with Gasteiger partial charge in [-0.2, -0.15) is 0 Å². The molecule has 0 radical (unpaired) electrons. The molecule has 0 spiro atoms. The van der Waals surface area contributed by atoms with Crippen LogP contribution < -0.4 is 36.1 Å². The standard InChI is InChI=1S/C31H40FN5O8/c1-17(2)26-30(42)34-18(3)16-45-24-8-6-5-7-22(24)28(40)35-23(15-25(39)36-27(19(4)38)31(43)37-26)29(41)33-13-14-44-21-11-9-20(32)10-12-21/h5-12,17-19,23,26-27,38H,13-16H2,1-4H3,(H,33,41)(H,34,42)(H,35,40)(H,36,39)(H,37,43)/t18-,19+,23-,26+,27-/m0/s1. The fraction of sp³-hybridized carbons (Fsp3) is 0.452. The third kappa shape index (κ3) is 10.4. The van der Waals surface area contributed by atoms with E-state index in [4.69, 9.17) is 9.47 Å². The lowest BCUT2D eigenvalue weighted by molar-refractivity contribution is -0.135. The van der Waals surface area contributed by atoms with Crippen molar-refractivity contribution in [3.8, 4) is 11.5 Å². The number of para-hydroxylation sites is 1. The molecule has 0 unspecified atom stereocenters. The van der Waals surface area contributed by atoms with Gasteiger partial charge in [0.2, 0.25) is 23.6 Å². The average molecular weight is 630 g/mol. The van der Waals surface area contributed by atoms with E-state index in [2.05, 4.69) is 26.6 Å². The highest BCUT2D eigenvalue weighted by atomic mass is 19.1. The van der Waals surface area contributed by atoms with Crippen LogP contribution in [0, 0.1) is 11.7 Å². The number of hydrogen-bond acceptors (Lipinski definition) is 8.